The van der Waals surface area contributed by atoms with Gasteiger partial charge < -0.3 is 18.9 Å². The molecular formula is C36H48N4O6S. The van der Waals surface area contributed by atoms with Crippen molar-refractivity contribution in [3.8, 4) is 17.0 Å². The summed E-state index contributed by atoms with van der Waals surface area (Å²) >= 11 is 0. The minimum Gasteiger partial charge on any atom is -0.497 e. The van der Waals surface area contributed by atoms with E-state index in [1.165, 1.54) is 44.5 Å². The molecule has 254 valence electrons. The number of nitrogens with zero attached hydrogens (tertiary/aromatic N) is 3. The number of aromatic nitrogens is 1. The molecule has 7 rings (SSSR count). The molecule has 4 atom stereocenters. The van der Waals surface area contributed by atoms with Crippen LogP contribution in [0, 0.1) is 5.41 Å². The average molecular weight is 665 g/mol. The van der Waals surface area contributed by atoms with Crippen LogP contribution in [-0.2, 0) is 26.3 Å². The highest BCUT2D eigenvalue weighted by molar-refractivity contribution is 7.87. The molecule has 1 saturated heterocycles. The van der Waals surface area contributed by atoms with E-state index in [9.17, 15) is 18.0 Å². The number of ether oxygens (including phenoxy) is 2. The summed E-state index contributed by atoms with van der Waals surface area (Å²) in [6, 6.07) is 11.9. The second-order valence-electron chi connectivity index (χ2n) is 14.4. The van der Waals surface area contributed by atoms with Gasteiger partial charge in [0.15, 0.2) is 0 Å². The Balaban J connectivity index is 0.00000401. The highest BCUT2D eigenvalue weighted by Crippen LogP contribution is 2.67. The predicted octanol–water partition coefficient (Wildman–Crippen LogP) is 5.66. The second kappa shape index (κ2) is 11.9. The van der Waals surface area contributed by atoms with Gasteiger partial charge in [0.2, 0.25) is 5.91 Å². The predicted molar refractivity (Wildman–Crippen MR) is 183 cm³/mol. The maximum Gasteiger partial charge on any atom is 0.303 e. The van der Waals surface area contributed by atoms with Crippen molar-refractivity contribution in [3.05, 3.63) is 53.1 Å². The summed E-state index contributed by atoms with van der Waals surface area (Å²) in [5.74, 6) is 0.851. The maximum atomic E-state index is 14.0. The first kappa shape index (κ1) is 32.2. The largest absolute Gasteiger partial charge is 0.497 e. The molecule has 2 aliphatic heterocycles. The van der Waals surface area contributed by atoms with Crippen molar-refractivity contribution in [3.63, 3.8) is 0 Å². The highest BCUT2D eigenvalue weighted by atomic mass is 32.2. The Hall–Kier alpha value is -3.41. The lowest BCUT2D eigenvalue weighted by molar-refractivity contribution is -0.144. The molecule has 1 aromatic heterocycles. The second-order valence-corrected chi connectivity index (χ2v) is 16.3. The third-order valence-corrected chi connectivity index (χ3v) is 12.3. The lowest BCUT2D eigenvalue weighted by Crippen LogP contribution is -2.48. The smallest absolute Gasteiger partial charge is 0.303 e. The van der Waals surface area contributed by atoms with Crippen LogP contribution in [0.1, 0.15) is 93.5 Å². The van der Waals surface area contributed by atoms with Crippen molar-refractivity contribution in [2.24, 2.45) is 5.41 Å². The van der Waals surface area contributed by atoms with Crippen LogP contribution < -0.4 is 9.46 Å². The van der Waals surface area contributed by atoms with Gasteiger partial charge in [0.1, 0.15) is 5.75 Å². The summed E-state index contributed by atoms with van der Waals surface area (Å²) in [6.45, 7) is 5.85. The zero-order valence-electron chi connectivity index (χ0n) is 28.0. The van der Waals surface area contributed by atoms with Gasteiger partial charge in [-0.15, -0.1) is 0 Å². The molecule has 3 heterocycles. The van der Waals surface area contributed by atoms with Gasteiger partial charge in [-0.2, -0.15) is 12.7 Å². The van der Waals surface area contributed by atoms with Gasteiger partial charge in [-0.25, -0.2) is 4.72 Å². The van der Waals surface area contributed by atoms with Crippen molar-refractivity contribution in [2.45, 2.75) is 89.4 Å². The standard InChI is InChI=1S/C36H46N4O6S.H2/c1-22-19-39(20-23(2)46-22)32(41)18-36-17-30(36)29-16-26(45-5)12-14-27(29)34-33(24-9-7-6-8-10-24)28-13-11-25(15-31(28)40(34)21-36)35(42)37-47(43,44)38(3)4;/h11-16,22-24,30H,6-10,17-21H2,1-5H3,(H,37,42);1H/t22-,23-,30?,36?;/m1./s1. The van der Waals surface area contributed by atoms with E-state index in [0.29, 0.717) is 32.0 Å². The van der Waals surface area contributed by atoms with Gasteiger partial charge in [-0.05, 0) is 86.4 Å². The van der Waals surface area contributed by atoms with Gasteiger partial charge in [-0.3, -0.25) is 9.59 Å². The van der Waals surface area contributed by atoms with E-state index < -0.39 is 16.1 Å². The molecule has 11 heteroatoms. The number of morpholine rings is 1. The first-order valence-corrected chi connectivity index (χ1v) is 18.4. The van der Waals surface area contributed by atoms with Crippen LogP contribution in [0.3, 0.4) is 0 Å². The van der Waals surface area contributed by atoms with Crippen LogP contribution in [0.5, 0.6) is 5.75 Å². The Kier molecular flexibility index (Phi) is 8.16. The summed E-state index contributed by atoms with van der Waals surface area (Å²) < 4.78 is 42.3. The van der Waals surface area contributed by atoms with Gasteiger partial charge in [-0.1, -0.05) is 25.3 Å². The number of rotatable bonds is 7. The molecule has 2 aliphatic carbocycles. The molecule has 2 unspecified atom stereocenters. The number of carbonyl (C=O) groups is 2. The van der Waals surface area contributed by atoms with Gasteiger partial charge >= 0.3 is 10.2 Å². The number of carbonyl (C=O) groups excluding carboxylic acids is 2. The minimum atomic E-state index is -3.96. The molecule has 1 N–H and O–H groups in total. The zero-order chi connectivity index (χ0) is 33.2. The van der Waals surface area contributed by atoms with E-state index in [2.05, 4.69) is 21.4 Å². The fourth-order valence-electron chi connectivity index (χ4n) is 8.54. The molecule has 0 radical (unpaired) electrons. The summed E-state index contributed by atoms with van der Waals surface area (Å²) in [5.41, 5.74) is 5.74. The number of benzene rings is 2. The molecule has 4 aliphatic rings. The first-order chi connectivity index (χ1) is 22.4. The van der Waals surface area contributed by atoms with E-state index in [4.69, 9.17) is 9.47 Å². The molecule has 3 aromatic rings. The zero-order valence-corrected chi connectivity index (χ0v) is 28.9. The third kappa shape index (κ3) is 5.74. The van der Waals surface area contributed by atoms with E-state index in [1.807, 2.05) is 36.9 Å². The topological polar surface area (TPSA) is 110 Å². The number of hydrogen-bond donors (Lipinski definition) is 1. The van der Waals surface area contributed by atoms with Crippen LogP contribution in [-0.4, -0.2) is 80.5 Å². The normalized spacial score (nSPS) is 25.9. The average Bonchev–Trinajstić information content (AvgIpc) is 3.67. The van der Waals surface area contributed by atoms with Crippen molar-refractivity contribution < 1.29 is 28.9 Å². The van der Waals surface area contributed by atoms with Crippen LogP contribution in [0.25, 0.3) is 22.2 Å². The number of hydrogen-bond acceptors (Lipinski definition) is 6. The molecule has 2 amide bonds. The monoisotopic (exact) mass is 664 g/mol. The molecule has 2 aromatic carbocycles. The number of fused-ring (bicyclic) bond motifs is 7. The molecule has 0 bridgehead atoms. The number of amides is 2. The first-order valence-electron chi connectivity index (χ1n) is 16.9. The molecular weight excluding hydrogens is 616 g/mol. The summed E-state index contributed by atoms with van der Waals surface area (Å²) in [4.78, 5) is 29.3. The third-order valence-electron chi connectivity index (χ3n) is 10.9. The SMILES string of the molecule is COc1ccc2c(c1)C1CC1(CC(=O)N1C[C@@H](C)O[C@H](C)C1)Cn1c-2c(C2CCCCC2)c2ccc(C(=O)NS(=O)(=O)N(C)C)cc21.[HH]. The summed E-state index contributed by atoms with van der Waals surface area (Å²) in [5, 5.41) is 1.09. The van der Waals surface area contributed by atoms with Crippen LogP contribution in [0.2, 0.25) is 0 Å². The fourth-order valence-corrected chi connectivity index (χ4v) is 9.07. The summed E-state index contributed by atoms with van der Waals surface area (Å²) in [7, 11) is 0.507. The Morgan fingerprint density at radius 3 is 2.47 bits per heavy atom. The van der Waals surface area contributed by atoms with E-state index in [0.717, 1.165) is 51.5 Å². The Labute approximate surface area is 279 Å². The number of nitrogens with one attached hydrogen (secondary N) is 1. The van der Waals surface area contributed by atoms with E-state index in [1.54, 1.807) is 13.2 Å². The Morgan fingerprint density at radius 2 is 1.79 bits per heavy atom. The van der Waals surface area contributed by atoms with Gasteiger partial charge in [0, 0.05) is 69.0 Å². The molecule has 10 nitrogen and oxygen atoms in total. The van der Waals surface area contributed by atoms with E-state index in [-0.39, 0.29) is 36.4 Å². The number of methoxy groups -OCH3 is 1. The van der Waals surface area contributed by atoms with E-state index >= 15 is 0 Å². The van der Waals surface area contributed by atoms with Crippen molar-refractivity contribution >= 4 is 32.9 Å². The van der Waals surface area contributed by atoms with Crippen molar-refractivity contribution in [1.82, 2.24) is 18.5 Å². The van der Waals surface area contributed by atoms with Crippen molar-refractivity contribution in [1.29, 1.82) is 0 Å². The summed E-state index contributed by atoms with van der Waals surface area (Å²) in [6.07, 6.45) is 7.07. The quantitative estimate of drug-likeness (QED) is 0.349. The van der Waals surface area contributed by atoms with Crippen LogP contribution >= 0.6 is 0 Å². The lowest BCUT2D eigenvalue weighted by Gasteiger charge is -2.36. The van der Waals surface area contributed by atoms with Gasteiger partial charge in [0.05, 0.1) is 25.0 Å². The van der Waals surface area contributed by atoms with Gasteiger partial charge in [0.25, 0.3) is 5.91 Å². The Morgan fingerprint density at radius 1 is 1.06 bits per heavy atom. The lowest BCUT2D eigenvalue weighted by atomic mass is 9.81. The van der Waals surface area contributed by atoms with Crippen LogP contribution in [0.4, 0.5) is 0 Å². The minimum absolute atomic E-state index is 0. The van der Waals surface area contributed by atoms with Crippen molar-refractivity contribution in [2.75, 3.05) is 34.3 Å². The molecule has 0 spiro atoms. The fraction of sp³-hybridized carbons (Fsp3) is 0.556. The molecule has 2 saturated carbocycles. The molecule has 3 fully saturated rings. The maximum absolute atomic E-state index is 14.0. The van der Waals surface area contributed by atoms with Crippen LogP contribution in [0.15, 0.2) is 36.4 Å². The Bertz CT molecular complexity index is 1840. The molecule has 47 heavy (non-hydrogen) atoms. The highest BCUT2D eigenvalue weighted by Gasteiger charge is 2.59.